The number of halogens is 6. The molecule has 0 N–H and O–H groups in total. The molecule has 4 nitrogen and oxygen atoms in total. The first-order valence-electron chi connectivity index (χ1n) is 17.5. The second-order valence-corrected chi connectivity index (χ2v) is 13.5. The summed E-state index contributed by atoms with van der Waals surface area (Å²) in [6, 6.07) is 42.6. The second kappa shape index (κ2) is 12.8. The lowest BCUT2D eigenvalue weighted by Crippen LogP contribution is -2.29. The third kappa shape index (κ3) is 5.72. The van der Waals surface area contributed by atoms with Crippen LogP contribution in [-0.4, -0.2) is 16.4 Å². The number of rotatable bonds is 5. The molecule has 0 bridgehead atoms. The Morgan fingerprint density at radius 1 is 0.429 bits per heavy atom. The molecule has 0 unspecified atom stereocenters. The molecule has 2 heterocycles. The van der Waals surface area contributed by atoms with Crippen LogP contribution in [0.4, 0.5) is 32.0 Å². The largest absolute Gasteiger partial charge is 0.416 e. The zero-order valence-electron chi connectivity index (χ0n) is 29.0. The summed E-state index contributed by atoms with van der Waals surface area (Å²) in [5.74, 6) is -1.21. The molecule has 0 radical (unpaired) electrons. The van der Waals surface area contributed by atoms with Crippen LogP contribution < -0.4 is 4.90 Å². The number of carbonyl (C=O) groups is 2. The molecule has 1 aliphatic rings. The van der Waals surface area contributed by atoms with Crippen LogP contribution in [0.1, 0.15) is 31.8 Å². The van der Waals surface area contributed by atoms with Crippen LogP contribution in [-0.2, 0) is 12.4 Å². The van der Waals surface area contributed by atoms with Crippen molar-refractivity contribution in [2.45, 2.75) is 12.4 Å². The molecule has 0 saturated heterocycles. The van der Waals surface area contributed by atoms with Crippen LogP contribution in [0.3, 0.4) is 0 Å². The Labute approximate surface area is 315 Å². The van der Waals surface area contributed by atoms with Crippen molar-refractivity contribution in [1.82, 2.24) is 4.57 Å². The molecule has 0 saturated carbocycles. The summed E-state index contributed by atoms with van der Waals surface area (Å²) >= 11 is 0. The molecule has 8 aromatic rings. The van der Waals surface area contributed by atoms with Crippen molar-refractivity contribution in [2.75, 3.05) is 4.90 Å². The van der Waals surface area contributed by atoms with Gasteiger partial charge in [0.15, 0.2) is 0 Å². The molecule has 1 aromatic heterocycles. The maximum atomic E-state index is 14.8. The van der Waals surface area contributed by atoms with E-state index in [1.165, 1.54) is 12.1 Å². The lowest BCUT2D eigenvalue weighted by Gasteiger charge is -2.18. The van der Waals surface area contributed by atoms with Gasteiger partial charge in [0.2, 0.25) is 0 Å². The van der Waals surface area contributed by atoms with Gasteiger partial charge in [-0.05, 0) is 82.4 Å². The number of nitrogens with zero attached hydrogens (tertiary/aromatic N) is 2. The van der Waals surface area contributed by atoms with Gasteiger partial charge >= 0.3 is 12.4 Å². The van der Waals surface area contributed by atoms with E-state index in [0.29, 0.717) is 34.1 Å². The van der Waals surface area contributed by atoms with E-state index in [2.05, 4.69) is 0 Å². The number of carbonyl (C=O) groups excluding carboxylic acids is 2. The van der Waals surface area contributed by atoms with Gasteiger partial charge in [-0.2, -0.15) is 26.3 Å². The topological polar surface area (TPSA) is 42.3 Å². The van der Waals surface area contributed by atoms with E-state index >= 15 is 0 Å². The zero-order chi connectivity index (χ0) is 38.9. The first-order chi connectivity index (χ1) is 26.9. The minimum absolute atomic E-state index is 0.0429. The molecule has 56 heavy (non-hydrogen) atoms. The zero-order valence-corrected chi connectivity index (χ0v) is 29.0. The van der Waals surface area contributed by atoms with Gasteiger partial charge in [0, 0.05) is 16.3 Å². The number of hydrogen-bond acceptors (Lipinski definition) is 2. The van der Waals surface area contributed by atoms with E-state index in [1.807, 2.05) is 66.7 Å². The number of benzene rings is 7. The number of alkyl halides is 6. The Morgan fingerprint density at radius 3 is 1.57 bits per heavy atom. The molecule has 1 aliphatic heterocycles. The number of aromatic nitrogens is 1. The maximum Gasteiger partial charge on any atom is 0.416 e. The highest BCUT2D eigenvalue weighted by Gasteiger charge is 2.41. The molecule has 0 aliphatic carbocycles. The van der Waals surface area contributed by atoms with Gasteiger partial charge in [-0.1, -0.05) is 103 Å². The first-order valence-corrected chi connectivity index (χ1v) is 17.5. The van der Waals surface area contributed by atoms with Gasteiger partial charge < -0.3 is 4.57 Å². The van der Waals surface area contributed by atoms with E-state index in [1.54, 1.807) is 65.2 Å². The Morgan fingerprint density at radius 2 is 0.964 bits per heavy atom. The summed E-state index contributed by atoms with van der Waals surface area (Å²) in [5.41, 5.74) is 1.63. The molecule has 10 heteroatoms. The number of imide groups is 1. The quantitative estimate of drug-likeness (QED) is 0.130. The summed E-state index contributed by atoms with van der Waals surface area (Å²) in [5, 5.41) is 1.17. The third-order valence-corrected chi connectivity index (χ3v) is 10.1. The number of para-hydroxylation sites is 2. The molecule has 2 amide bonds. The molecule has 0 atom stereocenters. The number of hydrogen-bond donors (Lipinski definition) is 0. The van der Waals surface area contributed by atoms with Gasteiger partial charge in [0.05, 0.1) is 44.7 Å². The average Bonchev–Trinajstić information content (AvgIpc) is 3.68. The summed E-state index contributed by atoms with van der Waals surface area (Å²) in [4.78, 5) is 30.3. The van der Waals surface area contributed by atoms with Crippen molar-refractivity contribution in [1.29, 1.82) is 0 Å². The van der Waals surface area contributed by atoms with Gasteiger partial charge in [0.1, 0.15) is 0 Å². The monoisotopic (exact) mass is 752 g/mol. The highest BCUT2D eigenvalue weighted by atomic mass is 19.4. The van der Waals surface area contributed by atoms with Crippen molar-refractivity contribution in [2.24, 2.45) is 0 Å². The molecule has 7 aromatic carbocycles. The second-order valence-electron chi connectivity index (χ2n) is 13.5. The Balaban J connectivity index is 1.27. The molecule has 0 spiro atoms. The minimum atomic E-state index is -5.06. The van der Waals surface area contributed by atoms with Crippen molar-refractivity contribution in [3.05, 3.63) is 180 Å². The molecular formula is C46H26F6N2O2. The van der Waals surface area contributed by atoms with E-state index in [9.17, 15) is 35.9 Å². The Bertz CT molecular complexity index is 2790. The van der Waals surface area contributed by atoms with E-state index in [0.717, 1.165) is 27.2 Å². The van der Waals surface area contributed by atoms with Crippen molar-refractivity contribution in [3.63, 3.8) is 0 Å². The SMILES string of the molecule is O=C1c2cccc(-n3c4ccccc4c4cccc(-c5cc(C(F)(F)F)cc(C(F)(F)F)c5)c43)c2C(=O)N1c1cc(-c2ccccc2)cc(-c2ccccc2)c1. The van der Waals surface area contributed by atoms with E-state index in [4.69, 9.17) is 0 Å². The highest BCUT2D eigenvalue weighted by Crippen LogP contribution is 2.44. The van der Waals surface area contributed by atoms with Crippen LogP contribution in [0.15, 0.2) is 158 Å². The lowest BCUT2D eigenvalue weighted by atomic mass is 9.97. The predicted molar refractivity (Wildman–Crippen MR) is 205 cm³/mol. The Hall–Kier alpha value is -6.94. The van der Waals surface area contributed by atoms with Gasteiger partial charge in [-0.15, -0.1) is 0 Å². The molecule has 9 rings (SSSR count). The van der Waals surface area contributed by atoms with Gasteiger partial charge in [-0.3, -0.25) is 9.59 Å². The fourth-order valence-corrected chi connectivity index (χ4v) is 7.64. The maximum absolute atomic E-state index is 14.8. The highest BCUT2D eigenvalue weighted by molar-refractivity contribution is 6.36. The van der Waals surface area contributed by atoms with Crippen molar-refractivity contribution < 1.29 is 35.9 Å². The summed E-state index contributed by atoms with van der Waals surface area (Å²) in [6.07, 6.45) is -10.1. The normalized spacial score (nSPS) is 13.2. The van der Waals surface area contributed by atoms with Gasteiger partial charge in [-0.25, -0.2) is 4.90 Å². The van der Waals surface area contributed by atoms with E-state index < -0.39 is 35.3 Å². The van der Waals surface area contributed by atoms with Crippen LogP contribution in [0.2, 0.25) is 0 Å². The third-order valence-electron chi connectivity index (χ3n) is 10.1. The van der Waals surface area contributed by atoms with Crippen molar-refractivity contribution in [3.8, 4) is 39.1 Å². The van der Waals surface area contributed by atoms with Crippen LogP contribution in [0.25, 0.3) is 60.9 Å². The minimum Gasteiger partial charge on any atom is -0.308 e. The molecular weight excluding hydrogens is 727 g/mol. The number of amides is 2. The molecule has 274 valence electrons. The Kier molecular flexibility index (Phi) is 7.98. The van der Waals surface area contributed by atoms with Crippen molar-refractivity contribution >= 4 is 39.3 Å². The standard InChI is InChI=1S/C46H26F6N2O2/c47-45(48,49)32-22-31(23-33(26-32)46(50,51)52)35-16-9-17-37-36-15-7-8-19-39(36)54(42(35)37)40-20-10-18-38-41(40)44(56)53(43(38)55)34-24-29(27-11-3-1-4-12-27)21-30(25-34)28-13-5-2-6-14-28/h1-26H. The summed E-state index contributed by atoms with van der Waals surface area (Å²) < 4.78 is 86.1. The summed E-state index contributed by atoms with van der Waals surface area (Å²) in [6.45, 7) is 0. The van der Waals surface area contributed by atoms with Crippen LogP contribution in [0.5, 0.6) is 0 Å². The average molecular weight is 753 g/mol. The number of fused-ring (bicyclic) bond motifs is 4. The fraction of sp³-hybridized carbons (Fsp3) is 0.0435. The summed E-state index contributed by atoms with van der Waals surface area (Å²) in [7, 11) is 0. The smallest absolute Gasteiger partial charge is 0.308 e. The fourth-order valence-electron chi connectivity index (χ4n) is 7.64. The first kappa shape index (κ1) is 34.8. The number of anilines is 1. The van der Waals surface area contributed by atoms with Crippen LogP contribution in [0, 0.1) is 0 Å². The predicted octanol–water partition coefficient (Wildman–Crippen LogP) is 12.6. The lowest BCUT2D eigenvalue weighted by molar-refractivity contribution is -0.143. The van der Waals surface area contributed by atoms with E-state index in [-0.39, 0.29) is 39.5 Å². The van der Waals surface area contributed by atoms with Gasteiger partial charge in [0.25, 0.3) is 11.8 Å². The molecule has 0 fully saturated rings. The van der Waals surface area contributed by atoms with Crippen LogP contribution >= 0.6 is 0 Å².